The van der Waals surface area contributed by atoms with Gasteiger partial charge in [0.25, 0.3) is 5.91 Å². The van der Waals surface area contributed by atoms with Gasteiger partial charge in [-0.1, -0.05) is 0 Å². The Hall–Kier alpha value is -3.61. The van der Waals surface area contributed by atoms with Crippen molar-refractivity contribution in [3.8, 4) is 5.82 Å². The van der Waals surface area contributed by atoms with Crippen LogP contribution in [0, 0.1) is 20.8 Å². The number of carbonyl (C=O) groups is 1. The molecule has 3 heterocycles. The number of amides is 1. The van der Waals surface area contributed by atoms with Crippen LogP contribution in [0.4, 0.5) is 5.69 Å². The molecule has 0 saturated heterocycles. The number of pyridine rings is 1. The lowest BCUT2D eigenvalue weighted by molar-refractivity contribution is 0.102. The number of benzene rings is 1. The van der Waals surface area contributed by atoms with E-state index in [1.54, 1.807) is 24.5 Å². The van der Waals surface area contributed by atoms with Crippen molar-refractivity contribution in [2.75, 3.05) is 5.32 Å². The minimum Gasteiger partial charge on any atom is -0.321 e. The van der Waals surface area contributed by atoms with E-state index < -0.39 is 0 Å². The third-order valence-electron chi connectivity index (χ3n) is 4.42. The van der Waals surface area contributed by atoms with Crippen LogP contribution >= 0.6 is 0 Å². The molecule has 1 N–H and O–H groups in total. The van der Waals surface area contributed by atoms with E-state index in [-0.39, 0.29) is 5.91 Å². The highest BCUT2D eigenvalue weighted by atomic mass is 16.1. The van der Waals surface area contributed by atoms with Crippen LogP contribution in [0.3, 0.4) is 0 Å². The van der Waals surface area contributed by atoms with E-state index in [1.165, 1.54) is 0 Å². The fourth-order valence-corrected chi connectivity index (χ4v) is 2.80. The Morgan fingerprint density at radius 1 is 0.963 bits per heavy atom. The van der Waals surface area contributed by atoms with Gasteiger partial charge in [-0.25, -0.2) is 19.9 Å². The lowest BCUT2D eigenvalue weighted by Gasteiger charge is -2.08. The van der Waals surface area contributed by atoms with E-state index in [0.717, 1.165) is 28.5 Å². The number of fused-ring (bicyclic) bond motifs is 1. The molecule has 1 amide bonds. The predicted octanol–water partition coefficient (Wildman–Crippen LogP) is 3.39. The van der Waals surface area contributed by atoms with Crippen LogP contribution in [0.1, 0.15) is 27.6 Å². The zero-order valence-electron chi connectivity index (χ0n) is 15.3. The number of anilines is 1. The molecule has 134 valence electrons. The largest absolute Gasteiger partial charge is 0.321 e. The van der Waals surface area contributed by atoms with Gasteiger partial charge in [-0.05, 0) is 51.1 Å². The van der Waals surface area contributed by atoms with Gasteiger partial charge in [0.2, 0.25) is 0 Å². The number of hydrogen-bond acceptors (Lipinski definition) is 5. The molecule has 0 aliphatic rings. The summed E-state index contributed by atoms with van der Waals surface area (Å²) >= 11 is 0. The van der Waals surface area contributed by atoms with Gasteiger partial charge < -0.3 is 5.32 Å². The minimum absolute atomic E-state index is 0.217. The molecule has 4 aromatic rings. The van der Waals surface area contributed by atoms with Gasteiger partial charge in [-0.2, -0.15) is 0 Å². The Morgan fingerprint density at radius 2 is 1.74 bits per heavy atom. The number of aromatic nitrogens is 5. The van der Waals surface area contributed by atoms with E-state index >= 15 is 0 Å². The normalized spacial score (nSPS) is 10.9. The number of nitrogens with zero attached hydrogens (tertiary/aromatic N) is 5. The van der Waals surface area contributed by atoms with Gasteiger partial charge in [0.15, 0.2) is 0 Å². The smallest absolute Gasteiger partial charge is 0.255 e. The molecule has 4 rings (SSSR count). The first kappa shape index (κ1) is 16.8. The topological polar surface area (TPSA) is 85.6 Å². The molecule has 0 unspecified atom stereocenters. The maximum atomic E-state index is 12.6. The lowest BCUT2D eigenvalue weighted by Crippen LogP contribution is -2.12. The molecule has 27 heavy (non-hydrogen) atoms. The molecule has 1 aromatic carbocycles. The van der Waals surface area contributed by atoms with Crippen molar-refractivity contribution in [3.63, 3.8) is 0 Å². The van der Waals surface area contributed by atoms with Gasteiger partial charge in [0.05, 0.1) is 34.3 Å². The van der Waals surface area contributed by atoms with Crippen molar-refractivity contribution in [1.29, 1.82) is 0 Å². The van der Waals surface area contributed by atoms with Crippen molar-refractivity contribution >= 4 is 22.6 Å². The molecule has 0 saturated carbocycles. The summed E-state index contributed by atoms with van der Waals surface area (Å²) in [5, 5.41) is 2.86. The second-order valence-corrected chi connectivity index (χ2v) is 6.30. The summed E-state index contributed by atoms with van der Waals surface area (Å²) < 4.78 is 1.87. The third kappa shape index (κ3) is 3.27. The zero-order chi connectivity index (χ0) is 19.0. The fourth-order valence-electron chi connectivity index (χ4n) is 2.80. The summed E-state index contributed by atoms with van der Waals surface area (Å²) in [6.45, 7) is 5.73. The molecular weight excluding hydrogens is 340 g/mol. The molecule has 3 aromatic heterocycles. The van der Waals surface area contributed by atoms with Crippen molar-refractivity contribution in [2.45, 2.75) is 20.8 Å². The molecule has 0 bridgehead atoms. The maximum Gasteiger partial charge on any atom is 0.255 e. The summed E-state index contributed by atoms with van der Waals surface area (Å²) in [7, 11) is 0. The van der Waals surface area contributed by atoms with Gasteiger partial charge >= 0.3 is 0 Å². The number of hydrogen-bond donors (Lipinski definition) is 1. The van der Waals surface area contributed by atoms with Crippen LogP contribution in [0.2, 0.25) is 0 Å². The highest BCUT2D eigenvalue weighted by Crippen LogP contribution is 2.17. The molecule has 0 spiro atoms. The van der Waals surface area contributed by atoms with Crippen LogP contribution in [-0.4, -0.2) is 30.4 Å². The average Bonchev–Trinajstić information content (AvgIpc) is 3.09. The van der Waals surface area contributed by atoms with Crippen molar-refractivity contribution in [1.82, 2.24) is 24.5 Å². The maximum absolute atomic E-state index is 12.6. The minimum atomic E-state index is -0.217. The number of aryl methyl sites for hydroxylation is 3. The predicted molar refractivity (Wildman–Crippen MR) is 103 cm³/mol. The SMILES string of the molecule is Cc1nc2ccc(C(=O)Nc3ccc(-n4ccnc4C)nc3)cc2nc1C. The summed E-state index contributed by atoms with van der Waals surface area (Å²) in [5.41, 5.74) is 4.36. The second-order valence-electron chi connectivity index (χ2n) is 6.30. The van der Waals surface area contributed by atoms with Crippen LogP contribution in [0.15, 0.2) is 48.9 Å². The number of rotatable bonds is 3. The zero-order valence-corrected chi connectivity index (χ0v) is 15.3. The number of carbonyl (C=O) groups excluding carboxylic acids is 1. The molecular formula is C20H18N6O. The summed E-state index contributed by atoms with van der Waals surface area (Å²) in [6, 6.07) is 8.96. The Morgan fingerprint density at radius 3 is 2.41 bits per heavy atom. The van der Waals surface area contributed by atoms with Gasteiger partial charge in [0, 0.05) is 18.0 Å². The Kier molecular flexibility index (Phi) is 4.12. The van der Waals surface area contributed by atoms with Crippen LogP contribution in [0.25, 0.3) is 16.9 Å². The summed E-state index contributed by atoms with van der Waals surface area (Å²) in [5.74, 6) is 1.38. The Labute approximate surface area is 156 Å². The van der Waals surface area contributed by atoms with Crippen molar-refractivity contribution < 1.29 is 4.79 Å². The van der Waals surface area contributed by atoms with Crippen LogP contribution in [0.5, 0.6) is 0 Å². The Bertz CT molecular complexity index is 1150. The average molecular weight is 358 g/mol. The molecule has 0 radical (unpaired) electrons. The first-order chi connectivity index (χ1) is 13.0. The van der Waals surface area contributed by atoms with Gasteiger partial charge in [0.1, 0.15) is 11.6 Å². The monoisotopic (exact) mass is 358 g/mol. The quantitative estimate of drug-likeness (QED) is 0.607. The lowest BCUT2D eigenvalue weighted by atomic mass is 10.1. The molecule has 7 heteroatoms. The van der Waals surface area contributed by atoms with Gasteiger partial charge in [-0.3, -0.25) is 9.36 Å². The number of nitrogens with one attached hydrogen (secondary N) is 1. The first-order valence-electron chi connectivity index (χ1n) is 8.54. The fraction of sp³-hybridized carbons (Fsp3) is 0.150. The second kappa shape index (κ2) is 6.60. The third-order valence-corrected chi connectivity index (χ3v) is 4.42. The van der Waals surface area contributed by atoms with Crippen LogP contribution in [-0.2, 0) is 0 Å². The Balaban J connectivity index is 1.56. The van der Waals surface area contributed by atoms with E-state index in [1.807, 2.05) is 49.7 Å². The van der Waals surface area contributed by atoms with Crippen molar-refractivity contribution in [2.24, 2.45) is 0 Å². The first-order valence-corrected chi connectivity index (χ1v) is 8.54. The van der Waals surface area contributed by atoms with E-state index in [4.69, 9.17) is 0 Å². The molecule has 0 atom stereocenters. The van der Waals surface area contributed by atoms with Gasteiger partial charge in [-0.15, -0.1) is 0 Å². The highest BCUT2D eigenvalue weighted by Gasteiger charge is 2.10. The van der Waals surface area contributed by atoms with Crippen LogP contribution < -0.4 is 5.32 Å². The van der Waals surface area contributed by atoms with Crippen molar-refractivity contribution in [3.05, 3.63) is 71.7 Å². The van der Waals surface area contributed by atoms with E-state index in [2.05, 4.69) is 25.3 Å². The molecule has 0 fully saturated rings. The molecule has 0 aliphatic heterocycles. The number of imidazole rings is 1. The van der Waals surface area contributed by atoms with E-state index in [9.17, 15) is 4.79 Å². The standard InChI is InChI=1S/C20H18N6O/c1-12-13(2)24-18-10-15(4-6-17(18)23-12)20(27)25-16-5-7-19(22-11-16)26-9-8-21-14(26)3/h4-11H,1-3H3,(H,25,27). The molecule has 7 nitrogen and oxygen atoms in total. The summed E-state index contributed by atoms with van der Waals surface area (Å²) in [6.07, 6.45) is 5.19. The highest BCUT2D eigenvalue weighted by molar-refractivity contribution is 6.05. The van der Waals surface area contributed by atoms with E-state index in [0.29, 0.717) is 16.8 Å². The summed E-state index contributed by atoms with van der Waals surface area (Å²) in [4.78, 5) is 30.1. The molecule has 0 aliphatic carbocycles.